The van der Waals surface area contributed by atoms with Gasteiger partial charge >= 0.3 is 31.5 Å². The molecule has 13 heteroatoms. The Labute approximate surface area is 163 Å². The number of unbranched alkanes of at least 4 members (excludes halogenated alkanes) is 5. The van der Waals surface area contributed by atoms with Crippen molar-refractivity contribution >= 4 is 7.60 Å². The van der Waals surface area contributed by atoms with Gasteiger partial charge in [-0.15, -0.1) is 0 Å². The third-order valence-electron chi connectivity index (χ3n) is 4.03. The number of halogens is 9. The van der Waals surface area contributed by atoms with E-state index in [9.17, 15) is 44.1 Å². The molecule has 0 saturated heterocycles. The van der Waals surface area contributed by atoms with E-state index in [0.717, 1.165) is 0 Å². The molecule has 0 rings (SSSR count). The van der Waals surface area contributed by atoms with Gasteiger partial charge in [0.05, 0.1) is 19.4 Å². The third-order valence-corrected chi connectivity index (χ3v) is 6.20. The van der Waals surface area contributed by atoms with E-state index in [4.69, 9.17) is 9.05 Å². The Kier molecular flexibility index (Phi) is 11.0. The van der Waals surface area contributed by atoms with Gasteiger partial charge in [-0.05, 0) is 26.7 Å². The van der Waals surface area contributed by atoms with Crippen LogP contribution in [0.15, 0.2) is 0 Å². The molecule has 0 spiro atoms. The maximum atomic E-state index is 13.3. The highest BCUT2D eigenvalue weighted by Gasteiger charge is 2.81. The lowest BCUT2D eigenvalue weighted by Crippen LogP contribution is -2.60. The lowest BCUT2D eigenvalue weighted by Gasteiger charge is -2.33. The molecule has 3 nitrogen and oxygen atoms in total. The number of hydrogen-bond donors (Lipinski definition) is 0. The van der Waals surface area contributed by atoms with Crippen LogP contribution in [0.5, 0.6) is 0 Å². The van der Waals surface area contributed by atoms with Crippen LogP contribution in [0.2, 0.25) is 0 Å². The molecule has 0 N–H and O–H groups in total. The van der Waals surface area contributed by atoms with Gasteiger partial charge in [0.2, 0.25) is 0 Å². The molecule has 29 heavy (non-hydrogen) atoms. The maximum absolute atomic E-state index is 13.3. The zero-order chi connectivity index (χ0) is 23.0. The molecule has 0 heterocycles. The van der Waals surface area contributed by atoms with Crippen molar-refractivity contribution in [1.82, 2.24) is 0 Å². The fourth-order valence-electron chi connectivity index (χ4n) is 2.48. The molecule has 0 aliphatic heterocycles. The quantitative estimate of drug-likeness (QED) is 0.142. The molecule has 0 radical (unpaired) electrons. The molecule has 0 aromatic heterocycles. The first-order chi connectivity index (χ1) is 13.1. The van der Waals surface area contributed by atoms with Crippen molar-refractivity contribution < 1.29 is 53.1 Å². The van der Waals surface area contributed by atoms with E-state index in [0.29, 0.717) is 19.3 Å². The molecule has 176 valence electrons. The fraction of sp³-hybridized carbons (Fsp3) is 1.00. The predicted octanol–water partition coefficient (Wildman–Crippen LogP) is 7.45. The summed E-state index contributed by atoms with van der Waals surface area (Å²) in [6.45, 7) is 3.69. The first-order valence-corrected chi connectivity index (χ1v) is 10.9. The topological polar surface area (TPSA) is 35.5 Å². The second-order valence-corrected chi connectivity index (χ2v) is 8.58. The largest absolute Gasteiger partial charge is 0.460 e. The molecule has 0 amide bonds. The van der Waals surface area contributed by atoms with Gasteiger partial charge in [-0.25, -0.2) is 0 Å². The molecule has 0 saturated carbocycles. The average Bonchev–Trinajstić information content (AvgIpc) is 2.56. The molecular weight excluding hydrogens is 442 g/mol. The molecule has 0 aliphatic carbocycles. The second kappa shape index (κ2) is 11.2. The van der Waals surface area contributed by atoms with Gasteiger partial charge in [-0.1, -0.05) is 25.7 Å². The van der Waals surface area contributed by atoms with Crippen molar-refractivity contribution in [3.8, 4) is 0 Å². The number of hydrogen-bond acceptors (Lipinski definition) is 3. The first-order valence-electron chi connectivity index (χ1n) is 9.16. The Hall–Kier alpha value is -0.480. The highest BCUT2D eigenvalue weighted by atomic mass is 31.2. The summed E-state index contributed by atoms with van der Waals surface area (Å²) in [4.78, 5) is 0. The maximum Gasteiger partial charge on any atom is 0.460 e. The molecule has 0 atom stereocenters. The molecule has 0 unspecified atom stereocenters. The Morgan fingerprint density at radius 2 is 1.07 bits per heavy atom. The van der Waals surface area contributed by atoms with E-state index in [2.05, 4.69) is 0 Å². The third kappa shape index (κ3) is 7.94. The first kappa shape index (κ1) is 28.5. The summed E-state index contributed by atoms with van der Waals surface area (Å²) in [5, 5.41) is 0. The monoisotopic (exact) mass is 468 g/mol. The summed E-state index contributed by atoms with van der Waals surface area (Å²) in [6, 6.07) is 0. The number of rotatable bonds is 15. The van der Waals surface area contributed by atoms with E-state index in [1.165, 1.54) is 0 Å². The van der Waals surface area contributed by atoms with Crippen LogP contribution >= 0.6 is 7.60 Å². The van der Waals surface area contributed by atoms with Crippen LogP contribution in [0.4, 0.5) is 39.5 Å². The molecule has 0 fully saturated rings. The van der Waals surface area contributed by atoms with Crippen LogP contribution < -0.4 is 0 Å². The lowest BCUT2D eigenvalue weighted by atomic mass is 9.98. The molecule has 0 aliphatic rings. The smallest absolute Gasteiger partial charge is 0.309 e. The second-order valence-electron chi connectivity index (χ2n) is 6.39. The molecule has 0 aromatic carbocycles. The van der Waals surface area contributed by atoms with Crippen molar-refractivity contribution in [2.75, 3.05) is 19.4 Å². The lowest BCUT2D eigenvalue weighted by molar-refractivity contribution is -0.396. The van der Waals surface area contributed by atoms with Crippen molar-refractivity contribution in [1.29, 1.82) is 0 Å². The van der Waals surface area contributed by atoms with Crippen molar-refractivity contribution in [3.05, 3.63) is 0 Å². The van der Waals surface area contributed by atoms with Gasteiger partial charge in [-0.2, -0.15) is 39.5 Å². The van der Waals surface area contributed by atoms with E-state index >= 15 is 0 Å². The molecule has 0 bridgehead atoms. The standard InChI is InChI=1S/C16H26F9O3P/c1-3-27-29(26,28-4-2)12-10-8-6-5-7-9-11-13(17,18)14(19,20)15(21,22)16(23,24)25/h3-12H2,1-2H3. The molecular formula is C16H26F9O3P. The van der Waals surface area contributed by atoms with E-state index < -0.39 is 44.4 Å². The van der Waals surface area contributed by atoms with Crippen LogP contribution in [-0.2, 0) is 13.6 Å². The summed E-state index contributed by atoms with van der Waals surface area (Å²) in [5.41, 5.74) is 0. The van der Waals surface area contributed by atoms with E-state index in [1.807, 2.05) is 0 Å². The van der Waals surface area contributed by atoms with Crippen molar-refractivity contribution in [3.63, 3.8) is 0 Å². The SMILES string of the molecule is CCOP(=O)(CCCCCCCCC(F)(F)C(F)(F)C(F)(F)C(F)(F)F)OCC. The van der Waals surface area contributed by atoms with Crippen LogP contribution in [-0.4, -0.2) is 43.3 Å². The molecule has 0 aromatic rings. The van der Waals surface area contributed by atoms with Gasteiger partial charge < -0.3 is 9.05 Å². The zero-order valence-corrected chi connectivity index (χ0v) is 17.0. The summed E-state index contributed by atoms with van der Waals surface area (Å²) in [5.74, 6) is -18.9. The average molecular weight is 468 g/mol. The zero-order valence-electron chi connectivity index (χ0n) is 16.1. The van der Waals surface area contributed by atoms with Gasteiger partial charge in [-0.3, -0.25) is 4.57 Å². The number of alkyl halides is 9. The summed E-state index contributed by atoms with van der Waals surface area (Å²) in [6.07, 6.45) is -7.50. The minimum atomic E-state index is -6.83. The van der Waals surface area contributed by atoms with Crippen molar-refractivity contribution in [2.45, 2.75) is 82.7 Å². The Morgan fingerprint density at radius 3 is 1.48 bits per heavy atom. The highest BCUT2D eigenvalue weighted by Crippen LogP contribution is 2.54. The van der Waals surface area contributed by atoms with Gasteiger partial charge in [0.15, 0.2) is 0 Å². The summed E-state index contributed by atoms with van der Waals surface area (Å²) in [7, 11) is -3.20. The highest BCUT2D eigenvalue weighted by molar-refractivity contribution is 7.53. The van der Waals surface area contributed by atoms with Gasteiger partial charge in [0.1, 0.15) is 0 Å². The van der Waals surface area contributed by atoms with E-state index in [1.54, 1.807) is 13.8 Å². The van der Waals surface area contributed by atoms with Gasteiger partial charge in [0.25, 0.3) is 0 Å². The minimum Gasteiger partial charge on any atom is -0.309 e. The normalized spacial score (nSPS) is 14.4. The Balaban J connectivity index is 4.33. The Bertz CT molecular complexity index is 514. The Morgan fingerprint density at radius 1 is 0.655 bits per heavy atom. The predicted molar refractivity (Wildman–Crippen MR) is 88.9 cm³/mol. The summed E-state index contributed by atoms with van der Waals surface area (Å²) < 4.78 is 137. The van der Waals surface area contributed by atoms with Crippen molar-refractivity contribution in [2.24, 2.45) is 0 Å². The van der Waals surface area contributed by atoms with Crippen LogP contribution in [0.25, 0.3) is 0 Å². The fourth-order valence-corrected chi connectivity index (χ4v) is 4.21. The van der Waals surface area contributed by atoms with Crippen LogP contribution in [0.1, 0.15) is 58.8 Å². The summed E-state index contributed by atoms with van der Waals surface area (Å²) >= 11 is 0. The van der Waals surface area contributed by atoms with Crippen LogP contribution in [0.3, 0.4) is 0 Å². The van der Waals surface area contributed by atoms with Gasteiger partial charge in [0, 0.05) is 6.42 Å². The van der Waals surface area contributed by atoms with Crippen LogP contribution in [0, 0.1) is 0 Å². The minimum absolute atomic E-state index is 0.0577. The van der Waals surface area contributed by atoms with E-state index in [-0.39, 0.29) is 32.2 Å².